The van der Waals surface area contributed by atoms with E-state index < -0.39 is 5.97 Å². The third-order valence-corrected chi connectivity index (χ3v) is 3.70. The van der Waals surface area contributed by atoms with E-state index in [2.05, 4.69) is 43.5 Å². The van der Waals surface area contributed by atoms with E-state index in [1.807, 2.05) is 12.1 Å². The first kappa shape index (κ1) is 17.0. The van der Waals surface area contributed by atoms with E-state index in [0.29, 0.717) is 6.54 Å². The predicted molar refractivity (Wildman–Crippen MR) is 82.3 cm³/mol. The average molecular weight is 292 g/mol. The maximum atomic E-state index is 11.5. The van der Waals surface area contributed by atoms with Crippen molar-refractivity contribution in [3.05, 3.63) is 35.4 Å². The van der Waals surface area contributed by atoms with Gasteiger partial charge in [0, 0.05) is 13.1 Å². The molecule has 0 atom stereocenters. The summed E-state index contributed by atoms with van der Waals surface area (Å²) in [5.41, 5.74) is 2.44. The van der Waals surface area contributed by atoms with E-state index in [9.17, 15) is 9.59 Å². The second kappa shape index (κ2) is 7.67. The van der Waals surface area contributed by atoms with Crippen LogP contribution in [0.25, 0.3) is 0 Å². The highest BCUT2D eigenvalue weighted by Crippen LogP contribution is 2.26. The molecule has 21 heavy (non-hydrogen) atoms. The van der Waals surface area contributed by atoms with Crippen LogP contribution in [-0.4, -0.2) is 23.7 Å². The van der Waals surface area contributed by atoms with Crippen molar-refractivity contribution >= 4 is 12.0 Å². The van der Waals surface area contributed by atoms with Crippen LogP contribution >= 0.6 is 0 Å². The first-order valence-corrected chi connectivity index (χ1v) is 7.18. The van der Waals surface area contributed by atoms with Gasteiger partial charge < -0.3 is 15.7 Å². The van der Waals surface area contributed by atoms with E-state index in [1.54, 1.807) is 0 Å². The molecule has 0 fully saturated rings. The van der Waals surface area contributed by atoms with E-state index in [4.69, 9.17) is 5.11 Å². The first-order valence-electron chi connectivity index (χ1n) is 7.18. The van der Waals surface area contributed by atoms with E-state index in [0.717, 1.165) is 12.0 Å². The molecular weight excluding hydrogens is 268 g/mol. The van der Waals surface area contributed by atoms with Crippen molar-refractivity contribution in [2.75, 3.05) is 6.54 Å². The number of hydrogen-bond acceptors (Lipinski definition) is 2. The number of benzene rings is 1. The third kappa shape index (κ3) is 5.85. The van der Waals surface area contributed by atoms with Gasteiger partial charge in [-0.15, -0.1) is 0 Å². The summed E-state index contributed by atoms with van der Waals surface area (Å²) in [7, 11) is 0. The lowest BCUT2D eigenvalue weighted by Gasteiger charge is -2.23. The van der Waals surface area contributed by atoms with Gasteiger partial charge in [-0.2, -0.15) is 0 Å². The molecule has 1 rings (SSSR count). The maximum absolute atomic E-state index is 11.5. The maximum Gasteiger partial charge on any atom is 0.315 e. The second-order valence-corrected chi connectivity index (χ2v) is 5.69. The zero-order valence-electron chi connectivity index (χ0n) is 12.9. The van der Waals surface area contributed by atoms with Gasteiger partial charge >= 0.3 is 12.0 Å². The van der Waals surface area contributed by atoms with Crippen LogP contribution in [0.5, 0.6) is 0 Å². The highest BCUT2D eigenvalue weighted by Gasteiger charge is 2.17. The Morgan fingerprint density at radius 2 is 1.76 bits per heavy atom. The van der Waals surface area contributed by atoms with Gasteiger partial charge in [-0.1, -0.05) is 45.0 Å². The van der Waals surface area contributed by atoms with Gasteiger partial charge in [0.05, 0.1) is 6.42 Å². The number of urea groups is 1. The molecule has 2 amide bonds. The van der Waals surface area contributed by atoms with Crippen LogP contribution in [0.3, 0.4) is 0 Å². The predicted octanol–water partition coefficient (Wildman–Crippen LogP) is 2.65. The Hall–Kier alpha value is -2.04. The molecule has 0 radical (unpaired) electrons. The van der Waals surface area contributed by atoms with E-state index >= 15 is 0 Å². The zero-order valence-corrected chi connectivity index (χ0v) is 12.9. The Morgan fingerprint density at radius 1 is 1.14 bits per heavy atom. The molecule has 0 aliphatic heterocycles. The highest BCUT2D eigenvalue weighted by molar-refractivity contribution is 5.74. The van der Waals surface area contributed by atoms with Crippen LogP contribution in [0.4, 0.5) is 4.79 Å². The van der Waals surface area contributed by atoms with Gasteiger partial charge in [-0.3, -0.25) is 4.79 Å². The summed E-state index contributed by atoms with van der Waals surface area (Å²) < 4.78 is 0. The molecule has 0 saturated carbocycles. The zero-order chi connectivity index (χ0) is 15.9. The summed E-state index contributed by atoms with van der Waals surface area (Å²) in [6.07, 6.45) is 0.991. The van der Waals surface area contributed by atoms with Gasteiger partial charge in [-0.05, 0) is 23.0 Å². The Kier molecular flexibility index (Phi) is 6.21. The summed E-state index contributed by atoms with van der Waals surface area (Å²) in [5.74, 6) is -0.926. The minimum absolute atomic E-state index is 0.0752. The summed E-state index contributed by atoms with van der Waals surface area (Å²) in [4.78, 5) is 21.8. The van der Waals surface area contributed by atoms with Crippen molar-refractivity contribution in [1.82, 2.24) is 10.6 Å². The lowest BCUT2D eigenvalue weighted by molar-refractivity contribution is -0.136. The van der Waals surface area contributed by atoms with Crippen molar-refractivity contribution in [1.29, 1.82) is 0 Å². The van der Waals surface area contributed by atoms with Gasteiger partial charge in [0.2, 0.25) is 0 Å². The molecule has 0 saturated heterocycles. The molecule has 1 aromatic rings. The lowest BCUT2D eigenvalue weighted by Crippen LogP contribution is -2.36. The van der Waals surface area contributed by atoms with Crippen molar-refractivity contribution in [3.63, 3.8) is 0 Å². The quantitative estimate of drug-likeness (QED) is 0.723. The van der Waals surface area contributed by atoms with Crippen LogP contribution in [0.1, 0.15) is 44.7 Å². The van der Waals surface area contributed by atoms with Gasteiger partial charge in [0.15, 0.2) is 0 Å². The van der Waals surface area contributed by atoms with Crippen molar-refractivity contribution < 1.29 is 14.7 Å². The summed E-state index contributed by atoms with van der Waals surface area (Å²) in [6, 6.07) is 7.83. The van der Waals surface area contributed by atoms with Gasteiger partial charge in [0.1, 0.15) is 0 Å². The standard InChI is InChI=1S/C16H24N2O3/c1-4-16(2,3)13-7-5-12(6-8-13)11-18-15(21)17-10-9-14(19)20/h5-8H,4,9-11H2,1-3H3,(H,19,20)(H2,17,18,21). The summed E-state index contributed by atoms with van der Waals surface area (Å²) in [6.45, 7) is 7.12. The first-order chi connectivity index (χ1) is 9.85. The van der Waals surface area contributed by atoms with Crippen LogP contribution in [0.2, 0.25) is 0 Å². The number of nitrogens with one attached hydrogen (secondary N) is 2. The monoisotopic (exact) mass is 292 g/mol. The molecule has 0 aromatic heterocycles. The SMILES string of the molecule is CCC(C)(C)c1ccc(CNC(=O)NCCC(=O)O)cc1. The van der Waals surface area contributed by atoms with Crippen LogP contribution in [0, 0.1) is 0 Å². The Bertz CT molecular complexity index is 481. The third-order valence-electron chi connectivity index (χ3n) is 3.70. The topological polar surface area (TPSA) is 78.4 Å². The van der Waals surface area contributed by atoms with Crippen molar-refractivity contribution in [2.24, 2.45) is 0 Å². The van der Waals surface area contributed by atoms with Crippen LogP contribution < -0.4 is 10.6 Å². The Morgan fingerprint density at radius 3 is 2.29 bits per heavy atom. The average Bonchev–Trinajstić information content (AvgIpc) is 2.45. The van der Waals surface area contributed by atoms with Gasteiger partial charge in [0.25, 0.3) is 0 Å². The summed E-state index contributed by atoms with van der Waals surface area (Å²) in [5, 5.41) is 13.7. The van der Waals surface area contributed by atoms with Gasteiger partial charge in [-0.25, -0.2) is 4.79 Å². The molecule has 0 heterocycles. The fourth-order valence-corrected chi connectivity index (χ4v) is 1.81. The number of rotatable bonds is 7. The minimum Gasteiger partial charge on any atom is -0.481 e. The number of aliphatic carboxylic acids is 1. The Balaban J connectivity index is 2.42. The molecular formula is C16H24N2O3. The molecule has 5 heteroatoms. The lowest BCUT2D eigenvalue weighted by atomic mass is 9.82. The molecule has 0 spiro atoms. The normalized spacial score (nSPS) is 11.0. The highest BCUT2D eigenvalue weighted by atomic mass is 16.4. The van der Waals surface area contributed by atoms with Crippen LogP contribution in [0.15, 0.2) is 24.3 Å². The molecule has 3 N–H and O–H groups in total. The molecule has 0 aliphatic carbocycles. The second-order valence-electron chi connectivity index (χ2n) is 5.69. The number of carboxylic acid groups (broad SMARTS) is 1. The number of carboxylic acids is 1. The Labute approximate surface area is 125 Å². The number of hydrogen-bond donors (Lipinski definition) is 3. The largest absolute Gasteiger partial charge is 0.481 e. The number of amides is 2. The molecule has 0 unspecified atom stereocenters. The fourth-order valence-electron chi connectivity index (χ4n) is 1.81. The molecule has 5 nitrogen and oxygen atoms in total. The van der Waals surface area contributed by atoms with Crippen molar-refractivity contribution in [2.45, 2.75) is 45.6 Å². The molecule has 1 aromatic carbocycles. The smallest absolute Gasteiger partial charge is 0.315 e. The number of carbonyl (C=O) groups is 2. The molecule has 0 bridgehead atoms. The summed E-state index contributed by atoms with van der Waals surface area (Å²) >= 11 is 0. The molecule has 0 aliphatic rings. The van der Waals surface area contributed by atoms with E-state index in [-0.39, 0.29) is 24.4 Å². The minimum atomic E-state index is -0.926. The van der Waals surface area contributed by atoms with Crippen molar-refractivity contribution in [3.8, 4) is 0 Å². The number of carbonyl (C=O) groups excluding carboxylic acids is 1. The molecule has 116 valence electrons. The van der Waals surface area contributed by atoms with E-state index in [1.165, 1.54) is 5.56 Å². The fraction of sp³-hybridized carbons (Fsp3) is 0.500. The van der Waals surface area contributed by atoms with Crippen LogP contribution in [-0.2, 0) is 16.8 Å².